The Morgan fingerprint density at radius 2 is 2.21 bits per heavy atom. The summed E-state index contributed by atoms with van der Waals surface area (Å²) >= 11 is 0. The number of benzene rings is 1. The SMILES string of the molecule is CC/C=C(/C)C(=O)NC(C)c1ccc(OC)c(F)c1. The van der Waals surface area contributed by atoms with Gasteiger partial charge in [0.1, 0.15) is 0 Å². The summed E-state index contributed by atoms with van der Waals surface area (Å²) in [6.45, 7) is 5.55. The molecule has 0 radical (unpaired) electrons. The van der Waals surface area contributed by atoms with Gasteiger partial charge in [-0.15, -0.1) is 0 Å². The third-order valence-corrected chi connectivity index (χ3v) is 2.89. The normalized spacial score (nSPS) is 13.0. The predicted octanol–water partition coefficient (Wildman–Crippen LogP) is 3.37. The van der Waals surface area contributed by atoms with Crippen LogP contribution in [0.1, 0.15) is 38.8 Å². The minimum atomic E-state index is -0.429. The van der Waals surface area contributed by atoms with Gasteiger partial charge in [-0.1, -0.05) is 19.1 Å². The Bertz CT molecular complexity index is 483. The summed E-state index contributed by atoms with van der Waals surface area (Å²) in [5.74, 6) is -0.364. The maximum Gasteiger partial charge on any atom is 0.247 e. The highest BCUT2D eigenvalue weighted by atomic mass is 19.1. The molecular formula is C15H20FNO2. The van der Waals surface area contributed by atoms with Gasteiger partial charge < -0.3 is 10.1 Å². The van der Waals surface area contributed by atoms with E-state index in [1.165, 1.54) is 13.2 Å². The van der Waals surface area contributed by atoms with Gasteiger partial charge in [0.2, 0.25) is 5.91 Å². The number of hydrogen-bond acceptors (Lipinski definition) is 2. The number of halogens is 1. The molecule has 4 heteroatoms. The van der Waals surface area contributed by atoms with Crippen molar-refractivity contribution in [3.05, 3.63) is 41.2 Å². The van der Waals surface area contributed by atoms with Gasteiger partial charge in [-0.2, -0.15) is 0 Å². The van der Waals surface area contributed by atoms with Crippen LogP contribution >= 0.6 is 0 Å². The van der Waals surface area contributed by atoms with Crippen LogP contribution in [0.5, 0.6) is 5.75 Å². The fourth-order valence-electron chi connectivity index (χ4n) is 1.74. The molecule has 0 aliphatic carbocycles. The first-order chi connectivity index (χ1) is 8.99. The zero-order valence-electron chi connectivity index (χ0n) is 11.8. The van der Waals surface area contributed by atoms with Crippen LogP contribution in [0.25, 0.3) is 0 Å². The molecule has 1 N–H and O–H groups in total. The molecule has 0 spiro atoms. The summed E-state index contributed by atoms with van der Waals surface area (Å²) < 4.78 is 18.4. The molecule has 1 amide bonds. The first kappa shape index (κ1) is 15.2. The number of nitrogens with one attached hydrogen (secondary N) is 1. The third kappa shape index (κ3) is 4.09. The van der Waals surface area contributed by atoms with E-state index in [4.69, 9.17) is 4.74 Å². The molecule has 1 unspecified atom stereocenters. The highest BCUT2D eigenvalue weighted by molar-refractivity contribution is 5.92. The van der Waals surface area contributed by atoms with Crippen molar-refractivity contribution >= 4 is 5.91 Å². The number of allylic oxidation sites excluding steroid dienone is 1. The molecule has 1 rings (SSSR count). The number of hydrogen-bond donors (Lipinski definition) is 1. The summed E-state index contributed by atoms with van der Waals surface area (Å²) in [5, 5.41) is 2.83. The minimum Gasteiger partial charge on any atom is -0.494 e. The number of methoxy groups -OCH3 is 1. The van der Waals surface area contributed by atoms with Crippen LogP contribution < -0.4 is 10.1 Å². The predicted molar refractivity (Wildman–Crippen MR) is 73.6 cm³/mol. The molecule has 0 aliphatic heterocycles. The second-order valence-electron chi connectivity index (χ2n) is 4.38. The number of carbonyl (C=O) groups is 1. The van der Waals surface area contributed by atoms with E-state index in [0.717, 1.165) is 6.42 Å². The molecule has 0 saturated heterocycles. The molecule has 0 heterocycles. The number of carbonyl (C=O) groups excluding carboxylic acids is 1. The van der Waals surface area contributed by atoms with Crippen LogP contribution in [0.4, 0.5) is 4.39 Å². The molecule has 1 aromatic rings. The molecule has 3 nitrogen and oxygen atoms in total. The van der Waals surface area contributed by atoms with Crippen molar-refractivity contribution in [1.29, 1.82) is 0 Å². The standard InChI is InChI=1S/C15H20FNO2/c1-5-6-10(2)15(18)17-11(3)12-7-8-14(19-4)13(16)9-12/h6-9,11H,5H2,1-4H3,(H,17,18)/b10-6-. The summed E-state index contributed by atoms with van der Waals surface area (Å²) in [6, 6.07) is 4.42. The molecule has 104 valence electrons. The lowest BCUT2D eigenvalue weighted by atomic mass is 10.1. The average molecular weight is 265 g/mol. The lowest BCUT2D eigenvalue weighted by Crippen LogP contribution is -2.27. The number of ether oxygens (including phenoxy) is 1. The minimum absolute atomic E-state index is 0.134. The number of rotatable bonds is 5. The molecule has 0 saturated carbocycles. The van der Waals surface area contributed by atoms with Crippen molar-refractivity contribution < 1.29 is 13.9 Å². The molecule has 0 aromatic heterocycles. The third-order valence-electron chi connectivity index (χ3n) is 2.89. The van der Waals surface area contributed by atoms with E-state index < -0.39 is 5.82 Å². The van der Waals surface area contributed by atoms with E-state index in [0.29, 0.717) is 11.1 Å². The van der Waals surface area contributed by atoms with Crippen LogP contribution in [0, 0.1) is 5.82 Å². The average Bonchev–Trinajstić information content (AvgIpc) is 2.38. The van der Waals surface area contributed by atoms with Crippen molar-refractivity contribution in [3.8, 4) is 5.75 Å². The lowest BCUT2D eigenvalue weighted by Gasteiger charge is -2.15. The quantitative estimate of drug-likeness (QED) is 0.829. The van der Waals surface area contributed by atoms with Gasteiger partial charge in [0.25, 0.3) is 0 Å². The van der Waals surface area contributed by atoms with Crippen LogP contribution in [-0.4, -0.2) is 13.0 Å². The topological polar surface area (TPSA) is 38.3 Å². The molecule has 1 aromatic carbocycles. The fraction of sp³-hybridized carbons (Fsp3) is 0.400. The lowest BCUT2D eigenvalue weighted by molar-refractivity contribution is -0.118. The van der Waals surface area contributed by atoms with E-state index in [9.17, 15) is 9.18 Å². The molecule has 0 aliphatic rings. The first-order valence-corrected chi connectivity index (χ1v) is 6.30. The Morgan fingerprint density at radius 1 is 1.53 bits per heavy atom. The van der Waals surface area contributed by atoms with Crippen LogP contribution in [0.3, 0.4) is 0 Å². The van der Waals surface area contributed by atoms with Gasteiger partial charge in [-0.25, -0.2) is 4.39 Å². The Balaban J connectivity index is 2.78. The highest BCUT2D eigenvalue weighted by Gasteiger charge is 2.12. The zero-order valence-corrected chi connectivity index (χ0v) is 11.8. The van der Waals surface area contributed by atoms with E-state index >= 15 is 0 Å². The van der Waals surface area contributed by atoms with Crippen molar-refractivity contribution in [2.75, 3.05) is 7.11 Å². The van der Waals surface area contributed by atoms with Gasteiger partial charge >= 0.3 is 0 Å². The summed E-state index contributed by atoms with van der Waals surface area (Å²) in [4.78, 5) is 11.8. The Morgan fingerprint density at radius 3 is 2.74 bits per heavy atom. The van der Waals surface area contributed by atoms with Crippen LogP contribution in [0.15, 0.2) is 29.8 Å². The van der Waals surface area contributed by atoms with Gasteiger partial charge in [-0.3, -0.25) is 4.79 Å². The highest BCUT2D eigenvalue weighted by Crippen LogP contribution is 2.21. The maximum atomic E-state index is 13.6. The Labute approximate surface area is 113 Å². The van der Waals surface area contributed by atoms with E-state index in [2.05, 4.69) is 5.32 Å². The smallest absolute Gasteiger partial charge is 0.247 e. The van der Waals surface area contributed by atoms with Crippen molar-refractivity contribution in [2.45, 2.75) is 33.2 Å². The maximum absolute atomic E-state index is 13.6. The summed E-state index contributed by atoms with van der Waals surface area (Å²) in [7, 11) is 1.42. The zero-order chi connectivity index (χ0) is 14.4. The van der Waals surface area contributed by atoms with Crippen molar-refractivity contribution in [3.63, 3.8) is 0 Å². The number of amides is 1. The largest absolute Gasteiger partial charge is 0.494 e. The van der Waals surface area contributed by atoms with Crippen molar-refractivity contribution in [2.24, 2.45) is 0 Å². The molecule has 1 atom stereocenters. The van der Waals surface area contributed by atoms with Crippen LogP contribution in [-0.2, 0) is 4.79 Å². The van der Waals surface area contributed by atoms with E-state index in [1.54, 1.807) is 19.1 Å². The van der Waals surface area contributed by atoms with Crippen molar-refractivity contribution in [1.82, 2.24) is 5.32 Å². The summed E-state index contributed by atoms with van der Waals surface area (Å²) in [5.41, 5.74) is 1.37. The second-order valence-corrected chi connectivity index (χ2v) is 4.38. The van der Waals surface area contributed by atoms with Gasteiger partial charge in [0, 0.05) is 5.57 Å². The summed E-state index contributed by atoms with van der Waals surface area (Å²) in [6.07, 6.45) is 2.67. The monoisotopic (exact) mass is 265 g/mol. The first-order valence-electron chi connectivity index (χ1n) is 6.30. The Kier molecular flexibility index (Phi) is 5.55. The molecule has 0 fully saturated rings. The molecule has 0 bridgehead atoms. The van der Waals surface area contributed by atoms with E-state index in [-0.39, 0.29) is 17.7 Å². The Hall–Kier alpha value is -1.84. The molecular weight excluding hydrogens is 245 g/mol. The molecule has 19 heavy (non-hydrogen) atoms. The van der Waals surface area contributed by atoms with Gasteiger partial charge in [0.05, 0.1) is 13.2 Å². The van der Waals surface area contributed by atoms with Gasteiger partial charge in [-0.05, 0) is 38.0 Å². The second kappa shape index (κ2) is 6.92. The van der Waals surface area contributed by atoms with Gasteiger partial charge in [0.15, 0.2) is 11.6 Å². The van der Waals surface area contributed by atoms with E-state index in [1.807, 2.05) is 19.9 Å². The van der Waals surface area contributed by atoms with Crippen LogP contribution in [0.2, 0.25) is 0 Å². The fourth-order valence-corrected chi connectivity index (χ4v) is 1.74.